The second kappa shape index (κ2) is 11.1. The van der Waals surface area contributed by atoms with Crippen LogP contribution in [0, 0.1) is 0 Å². The average molecular weight is 406 g/mol. The van der Waals surface area contributed by atoms with Gasteiger partial charge in [-0.15, -0.1) is 0 Å². The number of hydrogen-bond donors (Lipinski definition) is 2. The molecule has 2 N–H and O–H groups in total. The van der Waals surface area contributed by atoms with Crippen molar-refractivity contribution in [1.29, 1.82) is 0 Å². The van der Waals surface area contributed by atoms with Gasteiger partial charge in [-0.05, 0) is 56.4 Å². The molecule has 1 aromatic carbocycles. The molecule has 1 atom stereocenters. The molecule has 2 saturated heterocycles. The first kappa shape index (κ1) is 21.5. The zero-order valence-electron chi connectivity index (χ0n) is 17.3. The number of thioether (sulfide) groups is 1. The van der Waals surface area contributed by atoms with Crippen LogP contribution in [0.4, 0.5) is 0 Å². The van der Waals surface area contributed by atoms with Crippen molar-refractivity contribution in [3.63, 3.8) is 0 Å². The molecule has 2 heterocycles. The number of nitrogens with one attached hydrogen (secondary N) is 2. The van der Waals surface area contributed by atoms with E-state index in [1.807, 2.05) is 0 Å². The normalized spacial score (nSPS) is 23.7. The van der Waals surface area contributed by atoms with Crippen LogP contribution in [0.5, 0.6) is 0 Å². The topological polar surface area (TPSA) is 54.9 Å². The first-order valence-corrected chi connectivity index (χ1v) is 11.6. The molecule has 0 aromatic heterocycles. The SMILES string of the molecule is CCNC(=NCc1cccc(COC2CCOCC2)c1)NCC1(C)CCCS1. The summed E-state index contributed by atoms with van der Waals surface area (Å²) in [4.78, 5) is 4.79. The van der Waals surface area contributed by atoms with Crippen LogP contribution in [0.25, 0.3) is 0 Å². The predicted octanol–water partition coefficient (Wildman–Crippen LogP) is 3.72. The molecule has 3 rings (SSSR count). The number of guanidine groups is 1. The lowest BCUT2D eigenvalue weighted by Gasteiger charge is -2.24. The molecule has 28 heavy (non-hydrogen) atoms. The Morgan fingerprint density at radius 2 is 2.11 bits per heavy atom. The molecule has 6 heteroatoms. The number of ether oxygens (including phenoxy) is 2. The van der Waals surface area contributed by atoms with Crippen molar-refractivity contribution in [3.8, 4) is 0 Å². The fraction of sp³-hybridized carbons (Fsp3) is 0.682. The minimum Gasteiger partial charge on any atom is -0.381 e. The zero-order valence-corrected chi connectivity index (χ0v) is 18.2. The van der Waals surface area contributed by atoms with Crippen molar-refractivity contribution in [1.82, 2.24) is 10.6 Å². The van der Waals surface area contributed by atoms with Crippen molar-refractivity contribution in [3.05, 3.63) is 35.4 Å². The van der Waals surface area contributed by atoms with Crippen LogP contribution >= 0.6 is 11.8 Å². The largest absolute Gasteiger partial charge is 0.381 e. The minimum absolute atomic E-state index is 0.329. The lowest BCUT2D eigenvalue weighted by Crippen LogP contribution is -2.43. The summed E-state index contributed by atoms with van der Waals surface area (Å²) in [6.07, 6.45) is 4.92. The predicted molar refractivity (Wildman–Crippen MR) is 118 cm³/mol. The Balaban J connectivity index is 1.51. The lowest BCUT2D eigenvalue weighted by atomic mass is 10.1. The van der Waals surface area contributed by atoms with Gasteiger partial charge in [0.2, 0.25) is 0 Å². The van der Waals surface area contributed by atoms with Gasteiger partial charge in [-0.25, -0.2) is 4.99 Å². The Bertz CT molecular complexity index is 626. The highest BCUT2D eigenvalue weighted by atomic mass is 32.2. The van der Waals surface area contributed by atoms with Crippen LogP contribution in [0.1, 0.15) is 50.7 Å². The maximum Gasteiger partial charge on any atom is 0.191 e. The van der Waals surface area contributed by atoms with Crippen LogP contribution in [0.15, 0.2) is 29.3 Å². The average Bonchev–Trinajstić information content (AvgIpc) is 3.16. The summed E-state index contributed by atoms with van der Waals surface area (Å²) in [6.45, 7) is 9.26. The van der Waals surface area contributed by atoms with E-state index in [1.54, 1.807) is 0 Å². The summed E-state index contributed by atoms with van der Waals surface area (Å²) in [5.41, 5.74) is 2.43. The van der Waals surface area contributed by atoms with E-state index in [-0.39, 0.29) is 0 Å². The van der Waals surface area contributed by atoms with Crippen LogP contribution in [0.2, 0.25) is 0 Å². The van der Waals surface area contributed by atoms with Gasteiger partial charge in [0.1, 0.15) is 0 Å². The molecule has 0 amide bonds. The van der Waals surface area contributed by atoms with Crippen molar-refractivity contribution in [2.75, 3.05) is 32.1 Å². The second-order valence-corrected chi connectivity index (χ2v) is 9.58. The van der Waals surface area contributed by atoms with Crippen LogP contribution in [-0.4, -0.2) is 48.9 Å². The van der Waals surface area contributed by atoms with Gasteiger partial charge in [-0.2, -0.15) is 11.8 Å². The molecule has 0 aliphatic carbocycles. The molecule has 0 saturated carbocycles. The summed E-state index contributed by atoms with van der Waals surface area (Å²) in [7, 11) is 0. The van der Waals surface area contributed by atoms with E-state index >= 15 is 0 Å². The smallest absolute Gasteiger partial charge is 0.191 e. The maximum absolute atomic E-state index is 6.05. The first-order chi connectivity index (χ1) is 13.7. The van der Waals surface area contributed by atoms with Crippen LogP contribution in [0.3, 0.4) is 0 Å². The summed E-state index contributed by atoms with van der Waals surface area (Å²) in [5, 5.41) is 6.91. The molecule has 0 bridgehead atoms. The Hall–Kier alpha value is -1.24. The van der Waals surface area contributed by atoms with Crippen LogP contribution in [-0.2, 0) is 22.6 Å². The summed E-state index contributed by atoms with van der Waals surface area (Å²) in [6, 6.07) is 8.58. The van der Waals surface area contributed by atoms with Crippen molar-refractivity contribution in [2.24, 2.45) is 4.99 Å². The van der Waals surface area contributed by atoms with Crippen LogP contribution < -0.4 is 10.6 Å². The molecule has 5 nitrogen and oxygen atoms in total. The summed E-state index contributed by atoms with van der Waals surface area (Å²) >= 11 is 2.07. The monoisotopic (exact) mass is 405 g/mol. The quantitative estimate of drug-likeness (QED) is 0.510. The number of aliphatic imine (C=N–C) groups is 1. The third kappa shape index (κ3) is 6.98. The molecule has 2 aliphatic heterocycles. The van der Waals surface area contributed by atoms with E-state index in [0.29, 0.717) is 24.0 Å². The van der Waals surface area contributed by atoms with Gasteiger partial charge in [-0.3, -0.25) is 0 Å². The summed E-state index contributed by atoms with van der Waals surface area (Å²) in [5.74, 6) is 2.18. The first-order valence-electron chi connectivity index (χ1n) is 10.6. The Morgan fingerprint density at radius 3 is 2.86 bits per heavy atom. The fourth-order valence-electron chi connectivity index (χ4n) is 3.63. The molecule has 0 radical (unpaired) electrons. The molecule has 1 aromatic rings. The highest BCUT2D eigenvalue weighted by Gasteiger charge is 2.29. The van der Waals surface area contributed by atoms with Gasteiger partial charge in [0.05, 0.1) is 19.3 Å². The van der Waals surface area contributed by atoms with E-state index in [9.17, 15) is 0 Å². The van der Waals surface area contributed by atoms with Crippen molar-refractivity contribution >= 4 is 17.7 Å². The Morgan fingerprint density at radius 1 is 1.29 bits per heavy atom. The van der Waals surface area contributed by atoms with Gasteiger partial charge in [0.15, 0.2) is 5.96 Å². The molecular formula is C22H35N3O2S. The second-order valence-electron chi connectivity index (χ2n) is 7.89. The Kier molecular flexibility index (Phi) is 8.49. The molecule has 2 fully saturated rings. The van der Waals surface area contributed by atoms with E-state index in [2.05, 4.69) is 60.5 Å². The van der Waals surface area contributed by atoms with Gasteiger partial charge in [0.25, 0.3) is 0 Å². The van der Waals surface area contributed by atoms with Crippen molar-refractivity contribution in [2.45, 2.75) is 63.5 Å². The Labute approximate surface area is 174 Å². The molecule has 2 aliphatic rings. The number of hydrogen-bond acceptors (Lipinski definition) is 4. The lowest BCUT2D eigenvalue weighted by molar-refractivity contribution is -0.0390. The zero-order chi connectivity index (χ0) is 19.7. The van der Waals surface area contributed by atoms with E-state index in [4.69, 9.17) is 14.5 Å². The molecular weight excluding hydrogens is 370 g/mol. The van der Waals surface area contributed by atoms with E-state index < -0.39 is 0 Å². The van der Waals surface area contributed by atoms with E-state index in [0.717, 1.165) is 45.1 Å². The van der Waals surface area contributed by atoms with Gasteiger partial charge >= 0.3 is 0 Å². The molecule has 156 valence electrons. The fourth-order valence-corrected chi connectivity index (χ4v) is 4.88. The van der Waals surface area contributed by atoms with Gasteiger partial charge < -0.3 is 20.1 Å². The van der Waals surface area contributed by atoms with Crippen molar-refractivity contribution < 1.29 is 9.47 Å². The minimum atomic E-state index is 0.329. The third-order valence-corrected chi connectivity index (χ3v) is 6.88. The molecule has 0 spiro atoms. The van der Waals surface area contributed by atoms with E-state index in [1.165, 1.54) is 29.7 Å². The van der Waals surface area contributed by atoms with Gasteiger partial charge in [0, 0.05) is 31.1 Å². The number of benzene rings is 1. The highest BCUT2D eigenvalue weighted by Crippen LogP contribution is 2.36. The third-order valence-electron chi connectivity index (χ3n) is 5.34. The van der Waals surface area contributed by atoms with Gasteiger partial charge in [-0.1, -0.05) is 24.3 Å². The number of nitrogens with zero attached hydrogens (tertiary/aromatic N) is 1. The highest BCUT2D eigenvalue weighted by molar-refractivity contribution is 8.00. The summed E-state index contributed by atoms with van der Waals surface area (Å²) < 4.78 is 11.8. The number of rotatable bonds is 8. The standard InChI is InChI=1S/C22H35N3O2S/c1-3-23-21(25-17-22(2)10-5-13-28-22)24-15-18-6-4-7-19(14-18)16-27-20-8-11-26-12-9-20/h4,6-7,14,20H,3,5,8-13,15-17H2,1-2H3,(H2,23,24,25). The molecule has 1 unspecified atom stereocenters. The maximum atomic E-state index is 6.05.